The number of thioether (sulfide) groups is 1. The second-order valence-corrected chi connectivity index (χ2v) is 7.75. The van der Waals surface area contributed by atoms with Gasteiger partial charge in [0, 0.05) is 15.4 Å². The third-order valence-electron chi connectivity index (χ3n) is 4.15. The molecule has 1 saturated heterocycles. The molecule has 0 saturated carbocycles. The minimum absolute atomic E-state index is 0.221. The zero-order chi connectivity index (χ0) is 16.9. The molecule has 126 valence electrons. The third kappa shape index (κ3) is 4.30. The molecule has 1 aromatic heterocycles. The molecule has 1 aromatic carbocycles. The van der Waals surface area contributed by atoms with E-state index in [0.717, 1.165) is 36.5 Å². The molecular weight excluding hydrogens is 386 g/mol. The highest BCUT2D eigenvalue weighted by molar-refractivity contribution is 9.10. The smallest absolute Gasteiger partial charge is 0.274 e. The SMILES string of the molecule is Cc1cc(Br)ccc1SCC(=O)N1CCN(c2cccc[nH+]2)CC1. The third-order valence-corrected chi connectivity index (χ3v) is 5.81. The number of carbonyl (C=O) groups excluding carboxylic acids is 1. The van der Waals surface area contributed by atoms with Crippen LogP contribution in [0.3, 0.4) is 0 Å². The van der Waals surface area contributed by atoms with E-state index in [-0.39, 0.29) is 5.91 Å². The molecule has 4 nitrogen and oxygen atoms in total. The first-order chi connectivity index (χ1) is 11.6. The quantitative estimate of drug-likeness (QED) is 0.732. The molecule has 0 radical (unpaired) electrons. The molecule has 2 heterocycles. The monoisotopic (exact) mass is 406 g/mol. The first-order valence-corrected chi connectivity index (χ1v) is 9.80. The van der Waals surface area contributed by atoms with Gasteiger partial charge in [0.1, 0.15) is 13.1 Å². The minimum atomic E-state index is 0.221. The number of nitrogens with zero attached hydrogens (tertiary/aromatic N) is 2. The van der Waals surface area contributed by atoms with Crippen molar-refractivity contribution in [2.75, 3.05) is 36.8 Å². The number of piperazine rings is 1. The Balaban J connectivity index is 1.50. The van der Waals surface area contributed by atoms with Crippen LogP contribution in [-0.4, -0.2) is 42.7 Å². The fraction of sp³-hybridized carbons (Fsp3) is 0.333. The highest BCUT2D eigenvalue weighted by Gasteiger charge is 2.25. The van der Waals surface area contributed by atoms with Crippen molar-refractivity contribution in [1.82, 2.24) is 4.90 Å². The van der Waals surface area contributed by atoms with Gasteiger partial charge in [0.25, 0.3) is 5.82 Å². The molecule has 6 heteroatoms. The lowest BCUT2D eigenvalue weighted by molar-refractivity contribution is -0.364. The van der Waals surface area contributed by atoms with E-state index >= 15 is 0 Å². The van der Waals surface area contributed by atoms with Crippen molar-refractivity contribution >= 4 is 39.4 Å². The van der Waals surface area contributed by atoms with E-state index in [1.165, 1.54) is 10.5 Å². The fourth-order valence-electron chi connectivity index (χ4n) is 2.78. The first kappa shape index (κ1) is 17.3. The largest absolute Gasteiger partial charge is 0.334 e. The Bertz CT molecular complexity index is 703. The summed E-state index contributed by atoms with van der Waals surface area (Å²) in [5.41, 5.74) is 1.20. The van der Waals surface area contributed by atoms with Crippen LogP contribution in [0.1, 0.15) is 5.56 Å². The summed E-state index contributed by atoms with van der Waals surface area (Å²) in [5.74, 6) is 1.84. The van der Waals surface area contributed by atoms with E-state index in [1.54, 1.807) is 11.8 Å². The van der Waals surface area contributed by atoms with Crippen LogP contribution in [0.4, 0.5) is 5.82 Å². The van der Waals surface area contributed by atoms with E-state index in [9.17, 15) is 4.79 Å². The number of aromatic nitrogens is 1. The van der Waals surface area contributed by atoms with Crippen molar-refractivity contribution in [3.63, 3.8) is 0 Å². The minimum Gasteiger partial charge on any atom is -0.334 e. The molecule has 1 N–H and O–H groups in total. The van der Waals surface area contributed by atoms with Crippen LogP contribution in [0.5, 0.6) is 0 Å². The molecule has 0 bridgehead atoms. The van der Waals surface area contributed by atoms with Gasteiger partial charge < -0.3 is 4.90 Å². The number of benzene rings is 1. The van der Waals surface area contributed by atoms with E-state index < -0.39 is 0 Å². The van der Waals surface area contributed by atoms with Gasteiger partial charge in [0.2, 0.25) is 5.91 Å². The maximum absolute atomic E-state index is 12.5. The number of carbonyl (C=O) groups is 1. The normalized spacial score (nSPS) is 14.8. The molecule has 0 spiro atoms. The standard InChI is InChI=1S/C18H20BrN3OS/c1-14-12-15(19)5-6-16(14)24-13-18(23)22-10-8-21(9-11-22)17-4-2-3-7-20-17/h2-7,12H,8-11,13H2,1H3/p+1. The number of rotatable bonds is 4. The van der Waals surface area contributed by atoms with E-state index in [4.69, 9.17) is 0 Å². The summed E-state index contributed by atoms with van der Waals surface area (Å²) in [6, 6.07) is 12.3. The van der Waals surface area contributed by atoms with Crippen LogP contribution < -0.4 is 9.88 Å². The second kappa shape index (κ2) is 8.03. The van der Waals surface area contributed by atoms with Crippen molar-refractivity contribution in [2.45, 2.75) is 11.8 Å². The summed E-state index contributed by atoms with van der Waals surface area (Å²) in [5, 5.41) is 0. The Morgan fingerprint density at radius 1 is 1.21 bits per heavy atom. The van der Waals surface area contributed by atoms with E-state index in [1.807, 2.05) is 29.3 Å². The van der Waals surface area contributed by atoms with Gasteiger partial charge in [-0.05, 0) is 36.8 Å². The Hall–Kier alpha value is -1.53. The van der Waals surface area contributed by atoms with E-state index in [0.29, 0.717) is 5.75 Å². The van der Waals surface area contributed by atoms with Crippen LogP contribution in [0.15, 0.2) is 52.0 Å². The summed E-state index contributed by atoms with van der Waals surface area (Å²) < 4.78 is 1.07. The van der Waals surface area contributed by atoms with Gasteiger partial charge in [-0.1, -0.05) is 22.0 Å². The topological polar surface area (TPSA) is 37.7 Å². The number of anilines is 1. The average Bonchev–Trinajstić information content (AvgIpc) is 2.62. The lowest BCUT2D eigenvalue weighted by atomic mass is 10.2. The molecule has 1 aliphatic rings. The Morgan fingerprint density at radius 3 is 2.67 bits per heavy atom. The number of hydrogen-bond donors (Lipinski definition) is 0. The van der Waals surface area contributed by atoms with Crippen LogP contribution in [-0.2, 0) is 4.79 Å². The lowest BCUT2D eigenvalue weighted by Crippen LogP contribution is -2.50. The first-order valence-electron chi connectivity index (χ1n) is 8.02. The molecule has 3 rings (SSSR count). The van der Waals surface area contributed by atoms with Gasteiger partial charge in [-0.25, -0.2) is 4.98 Å². The highest BCUT2D eigenvalue weighted by Crippen LogP contribution is 2.25. The molecule has 0 unspecified atom stereocenters. The predicted octanol–water partition coefficient (Wildman–Crippen LogP) is 3.01. The Labute approximate surface area is 155 Å². The summed E-state index contributed by atoms with van der Waals surface area (Å²) >= 11 is 5.09. The predicted molar refractivity (Wildman–Crippen MR) is 101 cm³/mol. The highest BCUT2D eigenvalue weighted by atomic mass is 79.9. The Kier molecular flexibility index (Phi) is 5.79. The fourth-order valence-corrected chi connectivity index (χ4v) is 4.17. The number of halogens is 1. The van der Waals surface area contributed by atoms with Crippen molar-refractivity contribution in [1.29, 1.82) is 0 Å². The zero-order valence-corrected chi connectivity index (χ0v) is 16.1. The maximum Gasteiger partial charge on any atom is 0.274 e. The van der Waals surface area contributed by atoms with Crippen molar-refractivity contribution in [2.24, 2.45) is 0 Å². The number of pyridine rings is 1. The van der Waals surface area contributed by atoms with Crippen LogP contribution in [0, 0.1) is 6.92 Å². The number of nitrogens with one attached hydrogen (secondary N) is 1. The molecule has 1 fully saturated rings. The molecule has 24 heavy (non-hydrogen) atoms. The summed E-state index contributed by atoms with van der Waals surface area (Å²) in [4.78, 5) is 21.1. The average molecular weight is 407 g/mol. The zero-order valence-electron chi connectivity index (χ0n) is 13.7. The number of hydrogen-bond acceptors (Lipinski definition) is 3. The molecule has 0 atom stereocenters. The summed E-state index contributed by atoms with van der Waals surface area (Å²) in [7, 11) is 0. The number of H-pyrrole nitrogens is 1. The van der Waals surface area contributed by atoms with Gasteiger partial charge in [-0.3, -0.25) is 9.69 Å². The molecular formula is C18H21BrN3OS+. The van der Waals surface area contributed by atoms with Crippen LogP contribution in [0.25, 0.3) is 0 Å². The second-order valence-electron chi connectivity index (χ2n) is 5.81. The molecule has 0 aliphatic carbocycles. The number of aromatic amines is 1. The molecule has 1 aliphatic heterocycles. The van der Waals surface area contributed by atoms with Crippen molar-refractivity contribution in [3.05, 3.63) is 52.6 Å². The Morgan fingerprint density at radius 2 is 2.00 bits per heavy atom. The van der Waals surface area contributed by atoms with Gasteiger partial charge in [0.15, 0.2) is 0 Å². The van der Waals surface area contributed by atoms with Crippen molar-refractivity contribution < 1.29 is 9.78 Å². The number of amides is 1. The maximum atomic E-state index is 12.5. The van der Waals surface area contributed by atoms with E-state index in [2.05, 4.69) is 50.9 Å². The summed E-state index contributed by atoms with van der Waals surface area (Å²) in [6.07, 6.45) is 1.93. The lowest BCUT2D eigenvalue weighted by Gasteiger charge is -2.31. The van der Waals surface area contributed by atoms with Crippen LogP contribution >= 0.6 is 27.7 Å². The van der Waals surface area contributed by atoms with Gasteiger partial charge in [-0.2, -0.15) is 0 Å². The van der Waals surface area contributed by atoms with Gasteiger partial charge in [-0.15, -0.1) is 11.8 Å². The van der Waals surface area contributed by atoms with Crippen LogP contribution in [0.2, 0.25) is 0 Å². The van der Waals surface area contributed by atoms with Gasteiger partial charge >= 0.3 is 0 Å². The molecule has 2 aromatic rings. The van der Waals surface area contributed by atoms with Gasteiger partial charge in [0.05, 0.1) is 25.0 Å². The molecule has 1 amide bonds. The summed E-state index contributed by atoms with van der Waals surface area (Å²) in [6.45, 7) is 5.37. The van der Waals surface area contributed by atoms with Crippen molar-refractivity contribution in [3.8, 4) is 0 Å². The number of aryl methyl sites for hydroxylation is 1.